The molecule has 1 N–H and O–H groups in total. The number of nitrogens with zero attached hydrogens (tertiary/aromatic N) is 3. The number of aryl methyl sites for hydroxylation is 2. The van der Waals surface area contributed by atoms with Crippen LogP contribution in [0.3, 0.4) is 0 Å². The van der Waals surface area contributed by atoms with E-state index in [4.69, 9.17) is 8.94 Å². The number of hydrogen-bond donors (Lipinski definition) is 1. The van der Waals surface area contributed by atoms with E-state index in [1.807, 2.05) is 12.1 Å². The van der Waals surface area contributed by atoms with Crippen LogP contribution in [-0.4, -0.2) is 61.4 Å². The van der Waals surface area contributed by atoms with Gasteiger partial charge in [0.15, 0.2) is 5.76 Å². The third kappa shape index (κ3) is 4.56. The minimum Gasteiger partial charge on any atom is -0.468 e. The molecule has 2 atom stereocenters. The summed E-state index contributed by atoms with van der Waals surface area (Å²) < 4.78 is 38.3. The van der Waals surface area contributed by atoms with Crippen LogP contribution in [0.2, 0.25) is 0 Å². The number of carbonyl (C=O) groups is 1. The third-order valence-electron chi connectivity index (χ3n) is 6.24. The Balaban J connectivity index is 1.42. The number of nitrogens with one attached hydrogen (secondary N) is 1. The maximum absolute atomic E-state index is 13.1. The van der Waals surface area contributed by atoms with Crippen molar-refractivity contribution in [1.82, 2.24) is 19.7 Å². The molecule has 170 valence electrons. The second-order valence-electron chi connectivity index (χ2n) is 8.37. The molecule has 4 heterocycles. The van der Waals surface area contributed by atoms with Crippen molar-refractivity contribution in [2.24, 2.45) is 5.92 Å². The smallest absolute Gasteiger partial charge is 0.248 e. The zero-order valence-electron chi connectivity index (χ0n) is 18.0. The van der Waals surface area contributed by atoms with Gasteiger partial charge < -0.3 is 14.3 Å². The molecule has 9 nitrogen and oxygen atoms in total. The van der Waals surface area contributed by atoms with Gasteiger partial charge in [-0.2, -0.15) is 4.31 Å². The van der Waals surface area contributed by atoms with E-state index in [0.717, 1.165) is 31.7 Å². The Hall–Kier alpha value is -2.17. The molecule has 4 rings (SSSR count). The summed E-state index contributed by atoms with van der Waals surface area (Å²) in [6.45, 7) is 6.16. The molecule has 2 aromatic heterocycles. The lowest BCUT2D eigenvalue weighted by Crippen LogP contribution is -2.47. The van der Waals surface area contributed by atoms with Crippen molar-refractivity contribution < 1.29 is 22.2 Å². The van der Waals surface area contributed by atoms with Crippen molar-refractivity contribution in [1.29, 1.82) is 0 Å². The van der Waals surface area contributed by atoms with E-state index in [1.165, 1.54) is 4.31 Å². The van der Waals surface area contributed by atoms with Gasteiger partial charge in [-0.15, -0.1) is 0 Å². The zero-order chi connectivity index (χ0) is 22.0. The number of piperidine rings is 1. The molecular formula is C21H30N4O5S. The summed E-state index contributed by atoms with van der Waals surface area (Å²) in [4.78, 5) is 15.4. The number of sulfonamides is 1. The van der Waals surface area contributed by atoms with Gasteiger partial charge in [0.05, 0.1) is 18.2 Å². The number of carbonyl (C=O) groups excluding carboxylic acids is 1. The first-order valence-electron chi connectivity index (χ1n) is 10.9. The molecule has 0 spiro atoms. The summed E-state index contributed by atoms with van der Waals surface area (Å²) in [5.41, 5.74) is 0.343. The summed E-state index contributed by atoms with van der Waals surface area (Å²) in [5.74, 6) is 0.610. The standard InChI is InChI=1S/C21H30N4O5S/c1-15-20(16(2)30-23-15)31(27,28)25-11-5-7-17(14-25)21(26)22-13-18(19-8-6-12-29-19)24-9-3-4-10-24/h6,8,12,17-18H,3-5,7,9-11,13-14H2,1-2H3,(H,22,26). The fourth-order valence-electron chi connectivity index (χ4n) is 4.63. The van der Waals surface area contributed by atoms with E-state index in [2.05, 4.69) is 15.4 Å². The maximum atomic E-state index is 13.1. The van der Waals surface area contributed by atoms with E-state index >= 15 is 0 Å². The Morgan fingerprint density at radius 1 is 1.26 bits per heavy atom. The van der Waals surface area contributed by atoms with Crippen molar-refractivity contribution in [3.05, 3.63) is 35.6 Å². The van der Waals surface area contributed by atoms with Gasteiger partial charge in [0.25, 0.3) is 0 Å². The molecule has 2 unspecified atom stereocenters. The van der Waals surface area contributed by atoms with Crippen LogP contribution in [0.1, 0.15) is 48.9 Å². The zero-order valence-corrected chi connectivity index (χ0v) is 18.9. The van der Waals surface area contributed by atoms with Crippen LogP contribution in [0.15, 0.2) is 32.2 Å². The van der Waals surface area contributed by atoms with Crippen molar-refractivity contribution >= 4 is 15.9 Å². The number of furan rings is 1. The predicted molar refractivity (Wildman–Crippen MR) is 113 cm³/mol. The first-order chi connectivity index (χ1) is 14.9. The Kier molecular flexibility index (Phi) is 6.49. The molecule has 31 heavy (non-hydrogen) atoms. The molecular weight excluding hydrogens is 420 g/mol. The number of rotatable bonds is 7. The first-order valence-corrected chi connectivity index (χ1v) is 12.3. The van der Waals surface area contributed by atoms with Crippen LogP contribution < -0.4 is 5.32 Å². The van der Waals surface area contributed by atoms with Crippen molar-refractivity contribution in [2.75, 3.05) is 32.7 Å². The highest BCUT2D eigenvalue weighted by Crippen LogP contribution is 2.28. The largest absolute Gasteiger partial charge is 0.468 e. The second kappa shape index (κ2) is 9.13. The highest BCUT2D eigenvalue weighted by Gasteiger charge is 2.37. The predicted octanol–water partition coefficient (Wildman–Crippen LogP) is 2.24. The van der Waals surface area contributed by atoms with Crippen molar-refractivity contribution in [3.63, 3.8) is 0 Å². The fraction of sp³-hybridized carbons (Fsp3) is 0.619. The van der Waals surface area contributed by atoms with Crippen LogP contribution in [0.25, 0.3) is 0 Å². The fourth-order valence-corrected chi connectivity index (χ4v) is 6.45. The van der Waals surface area contributed by atoms with E-state index in [9.17, 15) is 13.2 Å². The minimum atomic E-state index is -3.75. The molecule has 2 aromatic rings. The lowest BCUT2D eigenvalue weighted by Gasteiger charge is -2.32. The van der Waals surface area contributed by atoms with Gasteiger partial charge in [-0.3, -0.25) is 9.69 Å². The number of hydrogen-bond acceptors (Lipinski definition) is 7. The Morgan fingerprint density at radius 2 is 2.03 bits per heavy atom. The molecule has 0 radical (unpaired) electrons. The Bertz CT molecular complexity index is 976. The number of amides is 1. The summed E-state index contributed by atoms with van der Waals surface area (Å²) in [5, 5.41) is 6.82. The molecule has 0 saturated carbocycles. The summed E-state index contributed by atoms with van der Waals surface area (Å²) in [7, 11) is -3.75. The van der Waals surface area contributed by atoms with E-state index in [1.54, 1.807) is 20.1 Å². The average Bonchev–Trinajstić information content (AvgIpc) is 3.52. The van der Waals surface area contributed by atoms with Gasteiger partial charge in [0, 0.05) is 19.6 Å². The molecule has 0 bridgehead atoms. The van der Waals surface area contributed by atoms with Crippen molar-refractivity contribution in [2.45, 2.75) is 50.5 Å². The van der Waals surface area contributed by atoms with Crippen LogP contribution in [0.4, 0.5) is 0 Å². The SMILES string of the molecule is Cc1noc(C)c1S(=O)(=O)N1CCCC(C(=O)NCC(c2ccco2)N2CCCC2)C1. The van der Waals surface area contributed by atoms with Gasteiger partial charge in [-0.05, 0) is 64.8 Å². The molecule has 2 fully saturated rings. The van der Waals surface area contributed by atoms with Crippen LogP contribution >= 0.6 is 0 Å². The maximum Gasteiger partial charge on any atom is 0.248 e. The molecule has 10 heteroatoms. The average molecular weight is 451 g/mol. The molecule has 0 aromatic carbocycles. The summed E-state index contributed by atoms with van der Waals surface area (Å²) in [6.07, 6.45) is 5.23. The molecule has 1 amide bonds. The topological polar surface area (TPSA) is 109 Å². The van der Waals surface area contributed by atoms with Gasteiger partial charge in [-0.1, -0.05) is 5.16 Å². The van der Waals surface area contributed by atoms with E-state index in [0.29, 0.717) is 31.6 Å². The van der Waals surface area contributed by atoms with Crippen molar-refractivity contribution in [3.8, 4) is 0 Å². The quantitative estimate of drug-likeness (QED) is 0.689. The molecule has 2 aliphatic heterocycles. The van der Waals surface area contributed by atoms with Crippen LogP contribution in [0, 0.1) is 19.8 Å². The highest BCUT2D eigenvalue weighted by atomic mass is 32.2. The van der Waals surface area contributed by atoms with Crippen LogP contribution in [0.5, 0.6) is 0 Å². The normalized spacial score (nSPS) is 21.9. The van der Waals surface area contributed by atoms with Gasteiger partial charge in [0.1, 0.15) is 16.3 Å². The van der Waals surface area contributed by atoms with Gasteiger partial charge in [0.2, 0.25) is 15.9 Å². The van der Waals surface area contributed by atoms with E-state index in [-0.39, 0.29) is 35.1 Å². The first kappa shape index (κ1) is 22.0. The molecule has 0 aliphatic carbocycles. The molecule has 2 aliphatic rings. The van der Waals surface area contributed by atoms with E-state index < -0.39 is 10.0 Å². The lowest BCUT2D eigenvalue weighted by atomic mass is 9.98. The molecule has 2 saturated heterocycles. The Labute approximate surface area is 182 Å². The van der Waals surface area contributed by atoms with Gasteiger partial charge >= 0.3 is 0 Å². The third-order valence-corrected chi connectivity index (χ3v) is 8.35. The number of likely N-dealkylation sites (tertiary alicyclic amines) is 1. The second-order valence-corrected chi connectivity index (χ2v) is 10.2. The lowest BCUT2D eigenvalue weighted by molar-refractivity contribution is -0.126. The van der Waals surface area contributed by atoms with Crippen LogP contribution in [-0.2, 0) is 14.8 Å². The monoisotopic (exact) mass is 450 g/mol. The summed E-state index contributed by atoms with van der Waals surface area (Å²) in [6, 6.07) is 3.79. The van der Waals surface area contributed by atoms with Gasteiger partial charge in [-0.25, -0.2) is 8.42 Å². The Morgan fingerprint density at radius 3 is 2.68 bits per heavy atom. The highest BCUT2D eigenvalue weighted by molar-refractivity contribution is 7.89. The summed E-state index contributed by atoms with van der Waals surface area (Å²) >= 11 is 0. The minimum absolute atomic E-state index is 0.00724. The number of aromatic nitrogens is 1.